The molecule has 31 heavy (non-hydrogen) atoms. The molecule has 3 nitrogen and oxygen atoms in total. The summed E-state index contributed by atoms with van der Waals surface area (Å²) in [5.74, 6) is 1.63. The lowest BCUT2D eigenvalue weighted by Gasteiger charge is -2.45. The molecule has 1 spiro atoms. The van der Waals surface area contributed by atoms with Crippen molar-refractivity contribution in [2.45, 2.75) is 113 Å². The normalized spacial score (nSPS) is 23.1. The minimum atomic E-state index is -0.111. The van der Waals surface area contributed by atoms with Crippen LogP contribution in [0.4, 0.5) is 4.79 Å². The van der Waals surface area contributed by atoms with Crippen LogP contribution in [0, 0.1) is 17.3 Å². The summed E-state index contributed by atoms with van der Waals surface area (Å²) in [5, 5.41) is 0. The Bertz CT molecular complexity index is 505. The number of allylic oxidation sites excluding steroid dienone is 3. The maximum absolute atomic E-state index is 11.9. The maximum atomic E-state index is 11.9. The molecule has 1 heterocycles. The fourth-order valence-electron chi connectivity index (χ4n) is 5.28. The van der Waals surface area contributed by atoms with E-state index in [1.54, 1.807) is 0 Å². The van der Waals surface area contributed by atoms with Gasteiger partial charge in [0.25, 0.3) is 0 Å². The van der Waals surface area contributed by atoms with Gasteiger partial charge in [0.15, 0.2) is 0 Å². The van der Waals surface area contributed by atoms with E-state index >= 15 is 0 Å². The molecule has 2 aliphatic rings. The van der Waals surface area contributed by atoms with Gasteiger partial charge in [-0.2, -0.15) is 0 Å². The van der Waals surface area contributed by atoms with Crippen LogP contribution in [0.1, 0.15) is 113 Å². The van der Waals surface area contributed by atoms with Crippen molar-refractivity contribution in [1.82, 2.24) is 4.90 Å². The first-order valence-electron chi connectivity index (χ1n) is 13.2. The van der Waals surface area contributed by atoms with Crippen molar-refractivity contribution in [2.24, 2.45) is 17.3 Å². The van der Waals surface area contributed by atoms with Gasteiger partial charge in [-0.15, -0.1) is 0 Å². The zero-order valence-corrected chi connectivity index (χ0v) is 22.0. The van der Waals surface area contributed by atoms with Crippen molar-refractivity contribution in [3.8, 4) is 0 Å². The van der Waals surface area contributed by atoms with Crippen LogP contribution in [0.25, 0.3) is 0 Å². The van der Waals surface area contributed by atoms with Crippen molar-refractivity contribution >= 4 is 6.09 Å². The predicted octanol–water partition coefficient (Wildman–Crippen LogP) is 8.80. The van der Waals surface area contributed by atoms with Crippen LogP contribution in [0.15, 0.2) is 24.3 Å². The molecule has 0 N–H and O–H groups in total. The van der Waals surface area contributed by atoms with Gasteiger partial charge in [-0.1, -0.05) is 91.0 Å². The van der Waals surface area contributed by atoms with Crippen LogP contribution in [0.5, 0.6) is 0 Å². The first-order chi connectivity index (χ1) is 15.0. The minimum Gasteiger partial charge on any atom is -0.450 e. The second-order valence-corrected chi connectivity index (χ2v) is 8.91. The summed E-state index contributed by atoms with van der Waals surface area (Å²) in [5.41, 5.74) is 1.93. The molecule has 1 saturated heterocycles. The summed E-state index contributed by atoms with van der Waals surface area (Å²) >= 11 is 0. The highest BCUT2D eigenvalue weighted by atomic mass is 16.6. The summed E-state index contributed by atoms with van der Waals surface area (Å²) in [6.07, 6.45) is 17.2. The van der Waals surface area contributed by atoms with Crippen molar-refractivity contribution in [1.29, 1.82) is 0 Å². The Morgan fingerprint density at radius 2 is 1.81 bits per heavy atom. The van der Waals surface area contributed by atoms with E-state index in [0.717, 1.165) is 24.9 Å². The van der Waals surface area contributed by atoms with E-state index in [1.807, 2.05) is 45.6 Å². The molecule has 1 atom stereocenters. The molecule has 1 saturated carbocycles. The zero-order chi connectivity index (χ0) is 23.7. The van der Waals surface area contributed by atoms with Gasteiger partial charge in [0, 0.05) is 13.1 Å². The molecule has 0 aromatic rings. The molecule has 3 heteroatoms. The number of ether oxygens (including phenoxy) is 1. The van der Waals surface area contributed by atoms with Crippen LogP contribution < -0.4 is 0 Å². The standard InChI is InChI=1S/C24H41NO2.2C2H6/c1-5-11-20(4)22(12-6-2)14-10-8-9-13-21-17-24(18-21)15-16-25(19-24)23(26)27-7-3;2*1-2/h5,11,21-22H,1,6-10,12-19H2,2-4H3;2*1-2H3/b20-11+;;. The molecular weight excluding hydrogens is 382 g/mol. The number of nitrogens with zero attached hydrogens (tertiary/aromatic N) is 1. The summed E-state index contributed by atoms with van der Waals surface area (Å²) in [6.45, 7) is 20.6. The number of unbranched alkanes of at least 4 members (excludes halogenated alkanes) is 2. The fourth-order valence-corrected chi connectivity index (χ4v) is 5.28. The van der Waals surface area contributed by atoms with E-state index in [9.17, 15) is 4.79 Å². The average Bonchev–Trinajstić information content (AvgIpc) is 3.21. The molecule has 1 aliphatic heterocycles. The lowest BCUT2D eigenvalue weighted by atomic mass is 9.60. The SMILES string of the molecule is C=C/C=C(\C)C(CCC)CCCCCC1CC2(CCN(C(=O)OCC)C2)C1.CC.CC. The predicted molar refractivity (Wildman–Crippen MR) is 137 cm³/mol. The Morgan fingerprint density at radius 1 is 1.13 bits per heavy atom. The number of rotatable bonds is 11. The molecule has 0 aromatic heterocycles. The number of likely N-dealkylation sites (tertiary alicyclic amines) is 1. The smallest absolute Gasteiger partial charge is 0.409 e. The molecule has 0 aromatic carbocycles. The first kappa shape index (κ1) is 29.8. The van der Waals surface area contributed by atoms with Gasteiger partial charge >= 0.3 is 6.09 Å². The van der Waals surface area contributed by atoms with Gasteiger partial charge in [0.2, 0.25) is 0 Å². The van der Waals surface area contributed by atoms with E-state index in [0.29, 0.717) is 12.0 Å². The van der Waals surface area contributed by atoms with Gasteiger partial charge in [0.05, 0.1) is 6.61 Å². The Labute approximate surface area is 194 Å². The Kier molecular flexibility index (Phi) is 16.6. The molecule has 1 amide bonds. The van der Waals surface area contributed by atoms with Crippen LogP contribution in [-0.4, -0.2) is 30.7 Å². The highest BCUT2D eigenvalue weighted by Crippen LogP contribution is 2.53. The topological polar surface area (TPSA) is 29.5 Å². The number of hydrogen-bond donors (Lipinski definition) is 0. The molecule has 0 bridgehead atoms. The van der Waals surface area contributed by atoms with Crippen LogP contribution >= 0.6 is 0 Å². The van der Waals surface area contributed by atoms with E-state index in [2.05, 4.69) is 26.5 Å². The molecule has 1 unspecified atom stereocenters. The zero-order valence-electron chi connectivity index (χ0n) is 22.0. The Hall–Kier alpha value is -1.25. The third-order valence-electron chi connectivity index (χ3n) is 6.73. The monoisotopic (exact) mass is 435 g/mol. The van der Waals surface area contributed by atoms with Crippen molar-refractivity contribution in [2.75, 3.05) is 19.7 Å². The van der Waals surface area contributed by atoms with E-state index in [-0.39, 0.29) is 6.09 Å². The lowest BCUT2D eigenvalue weighted by molar-refractivity contribution is 0.0512. The summed E-state index contributed by atoms with van der Waals surface area (Å²) < 4.78 is 5.15. The summed E-state index contributed by atoms with van der Waals surface area (Å²) in [6, 6.07) is 0. The van der Waals surface area contributed by atoms with Crippen LogP contribution in [-0.2, 0) is 4.74 Å². The Balaban J connectivity index is 0.00000212. The highest BCUT2D eigenvalue weighted by Gasteiger charge is 2.49. The molecule has 182 valence electrons. The third kappa shape index (κ3) is 10.3. The second-order valence-electron chi connectivity index (χ2n) is 8.91. The number of carbonyl (C=O) groups is 1. The van der Waals surface area contributed by atoms with E-state index in [1.165, 1.54) is 69.8 Å². The molecule has 1 aliphatic carbocycles. The molecule has 2 fully saturated rings. The van der Waals surface area contributed by atoms with E-state index < -0.39 is 0 Å². The maximum Gasteiger partial charge on any atom is 0.409 e. The Morgan fingerprint density at radius 3 is 2.39 bits per heavy atom. The molecule has 0 radical (unpaired) electrons. The van der Waals surface area contributed by atoms with E-state index in [4.69, 9.17) is 4.74 Å². The number of hydrogen-bond acceptors (Lipinski definition) is 2. The largest absolute Gasteiger partial charge is 0.450 e. The summed E-state index contributed by atoms with van der Waals surface area (Å²) in [4.78, 5) is 13.8. The van der Waals surface area contributed by atoms with Crippen molar-refractivity contribution in [3.63, 3.8) is 0 Å². The third-order valence-corrected chi connectivity index (χ3v) is 6.73. The minimum absolute atomic E-state index is 0.111. The number of amides is 1. The average molecular weight is 436 g/mol. The highest BCUT2D eigenvalue weighted by molar-refractivity contribution is 5.68. The quantitative estimate of drug-likeness (QED) is 0.240. The molecular formula is C28H53NO2. The molecule has 2 rings (SSSR count). The van der Waals surface area contributed by atoms with Crippen molar-refractivity contribution in [3.05, 3.63) is 24.3 Å². The summed E-state index contributed by atoms with van der Waals surface area (Å²) in [7, 11) is 0. The van der Waals surface area contributed by atoms with Gasteiger partial charge in [-0.3, -0.25) is 0 Å². The van der Waals surface area contributed by atoms with Crippen LogP contribution in [0.3, 0.4) is 0 Å². The lowest BCUT2D eigenvalue weighted by Crippen LogP contribution is -2.41. The fraction of sp³-hybridized carbons (Fsp3) is 0.821. The number of carbonyl (C=O) groups excluding carboxylic acids is 1. The van der Waals surface area contributed by atoms with Gasteiger partial charge in [-0.05, 0) is 63.2 Å². The van der Waals surface area contributed by atoms with Crippen molar-refractivity contribution < 1.29 is 9.53 Å². The first-order valence-corrected chi connectivity index (χ1v) is 13.2. The van der Waals surface area contributed by atoms with Gasteiger partial charge in [0.1, 0.15) is 0 Å². The second kappa shape index (κ2) is 17.3. The van der Waals surface area contributed by atoms with Gasteiger partial charge < -0.3 is 9.64 Å². The van der Waals surface area contributed by atoms with Gasteiger partial charge in [-0.25, -0.2) is 4.79 Å². The van der Waals surface area contributed by atoms with Crippen LogP contribution in [0.2, 0.25) is 0 Å².